The Morgan fingerprint density at radius 2 is 1.16 bits per heavy atom. The molecular weight excluding hydrogens is 304 g/mol. The van der Waals surface area contributed by atoms with Crippen molar-refractivity contribution in [2.75, 3.05) is 5.32 Å². The van der Waals surface area contributed by atoms with E-state index >= 15 is 0 Å². The fourth-order valence-electron chi connectivity index (χ4n) is 2.85. The molecule has 0 saturated heterocycles. The fraction of sp³-hybridized carbons (Fsp3) is 0.174. The summed E-state index contributed by atoms with van der Waals surface area (Å²) < 4.78 is 0. The van der Waals surface area contributed by atoms with Crippen LogP contribution in [-0.4, -0.2) is 0 Å². The van der Waals surface area contributed by atoms with Crippen molar-refractivity contribution in [3.63, 3.8) is 0 Å². The van der Waals surface area contributed by atoms with Gasteiger partial charge in [-0.3, -0.25) is 4.99 Å². The zero-order valence-electron chi connectivity index (χ0n) is 14.8. The van der Waals surface area contributed by atoms with Crippen LogP contribution in [0.4, 0.5) is 5.69 Å². The third kappa shape index (κ3) is 4.57. The topological polar surface area (TPSA) is 24.4 Å². The van der Waals surface area contributed by atoms with Crippen LogP contribution in [-0.2, 0) is 0 Å². The highest BCUT2D eigenvalue weighted by Crippen LogP contribution is 2.18. The van der Waals surface area contributed by atoms with Gasteiger partial charge in [0.05, 0.1) is 17.1 Å². The summed E-state index contributed by atoms with van der Waals surface area (Å²) in [6.07, 6.45) is 0. The molecule has 0 amide bonds. The van der Waals surface area contributed by atoms with E-state index < -0.39 is 0 Å². The maximum atomic E-state index is 4.95. The van der Waals surface area contributed by atoms with Crippen LogP contribution < -0.4 is 10.7 Å². The molecule has 0 spiro atoms. The normalized spacial score (nSPS) is 13.9. The van der Waals surface area contributed by atoms with E-state index in [1.165, 1.54) is 11.1 Å². The van der Waals surface area contributed by atoms with Gasteiger partial charge in [-0.05, 0) is 37.1 Å². The van der Waals surface area contributed by atoms with E-state index in [1.54, 1.807) is 0 Å². The molecule has 2 atom stereocenters. The Morgan fingerprint density at radius 1 is 0.640 bits per heavy atom. The molecule has 0 saturated carbocycles. The summed E-state index contributed by atoms with van der Waals surface area (Å²) in [5, 5.41) is 4.59. The Balaban J connectivity index is 1.93. The van der Waals surface area contributed by atoms with Crippen LogP contribution in [0.5, 0.6) is 0 Å². The van der Waals surface area contributed by atoms with Crippen molar-refractivity contribution >= 4 is 5.69 Å². The van der Waals surface area contributed by atoms with Gasteiger partial charge in [0.15, 0.2) is 0 Å². The predicted molar refractivity (Wildman–Crippen MR) is 105 cm³/mol. The van der Waals surface area contributed by atoms with Crippen LogP contribution in [0.3, 0.4) is 0 Å². The van der Waals surface area contributed by atoms with Crippen molar-refractivity contribution in [3.8, 4) is 0 Å². The number of benzene rings is 2. The Morgan fingerprint density at radius 3 is 1.80 bits per heavy atom. The fourth-order valence-corrected chi connectivity index (χ4v) is 2.85. The van der Waals surface area contributed by atoms with E-state index in [9.17, 15) is 0 Å². The summed E-state index contributed by atoms with van der Waals surface area (Å²) in [5.74, 6) is 0. The van der Waals surface area contributed by atoms with E-state index in [-0.39, 0.29) is 12.1 Å². The van der Waals surface area contributed by atoms with E-state index in [0.29, 0.717) is 0 Å². The second-order valence-electron chi connectivity index (χ2n) is 6.20. The number of anilines is 1. The summed E-state index contributed by atoms with van der Waals surface area (Å²) in [5.41, 5.74) is 3.52. The molecule has 0 heterocycles. The SMILES string of the molecule is CC(N=c1cccccc1NC(C)c1ccccc1)c1ccccc1. The zero-order valence-corrected chi connectivity index (χ0v) is 14.8. The van der Waals surface area contributed by atoms with Crippen molar-refractivity contribution < 1.29 is 0 Å². The van der Waals surface area contributed by atoms with Gasteiger partial charge >= 0.3 is 0 Å². The van der Waals surface area contributed by atoms with Gasteiger partial charge in [0.1, 0.15) is 0 Å². The van der Waals surface area contributed by atoms with E-state index in [4.69, 9.17) is 4.99 Å². The molecule has 0 fully saturated rings. The lowest BCUT2D eigenvalue weighted by Gasteiger charge is -2.15. The molecule has 0 aliphatic heterocycles. The number of hydrogen-bond acceptors (Lipinski definition) is 2. The van der Waals surface area contributed by atoms with Crippen molar-refractivity contribution in [1.82, 2.24) is 0 Å². The first-order valence-electron chi connectivity index (χ1n) is 8.73. The molecule has 0 aliphatic carbocycles. The van der Waals surface area contributed by atoms with Crippen LogP contribution in [0.15, 0.2) is 96.0 Å². The molecule has 3 aromatic carbocycles. The first kappa shape index (κ1) is 17.0. The molecular formula is C23H24N2. The lowest BCUT2D eigenvalue weighted by molar-refractivity contribution is 0.788. The van der Waals surface area contributed by atoms with Crippen LogP contribution in [0.1, 0.15) is 37.1 Å². The van der Waals surface area contributed by atoms with Gasteiger partial charge in [-0.15, -0.1) is 0 Å². The summed E-state index contributed by atoms with van der Waals surface area (Å²) in [4.78, 5) is 4.95. The summed E-state index contributed by atoms with van der Waals surface area (Å²) >= 11 is 0. The molecule has 0 bridgehead atoms. The van der Waals surface area contributed by atoms with Gasteiger partial charge < -0.3 is 5.32 Å². The summed E-state index contributed by atoms with van der Waals surface area (Å²) in [6, 6.07) is 31.5. The molecule has 2 unspecified atom stereocenters. The number of rotatable bonds is 5. The van der Waals surface area contributed by atoms with E-state index in [1.807, 2.05) is 30.3 Å². The lowest BCUT2D eigenvalue weighted by atomic mass is 10.1. The van der Waals surface area contributed by atoms with Crippen LogP contribution in [0.2, 0.25) is 0 Å². The Bertz CT molecular complexity index is 857. The largest absolute Gasteiger partial charge is 0.377 e. The third-order valence-corrected chi connectivity index (χ3v) is 4.30. The summed E-state index contributed by atoms with van der Waals surface area (Å²) in [7, 11) is 0. The van der Waals surface area contributed by atoms with Gasteiger partial charge in [0, 0.05) is 6.04 Å². The molecule has 3 rings (SSSR count). The number of nitrogens with one attached hydrogen (secondary N) is 1. The van der Waals surface area contributed by atoms with Crippen molar-refractivity contribution in [2.45, 2.75) is 25.9 Å². The highest BCUT2D eigenvalue weighted by Gasteiger charge is 2.07. The molecule has 25 heavy (non-hydrogen) atoms. The van der Waals surface area contributed by atoms with Crippen LogP contribution in [0, 0.1) is 0 Å². The Hall–Kier alpha value is -2.87. The molecule has 0 aromatic heterocycles. The standard InChI is InChI=1S/C23H24N2/c1-18(20-12-6-3-7-13-20)24-22-16-10-5-11-17-23(22)25-19(2)21-14-8-4-9-15-21/h3-19H,1-2H3,(H,24,25). The maximum Gasteiger partial charge on any atom is 0.0813 e. The first-order chi connectivity index (χ1) is 12.2. The first-order valence-corrected chi connectivity index (χ1v) is 8.73. The molecule has 2 heteroatoms. The van der Waals surface area contributed by atoms with Gasteiger partial charge in [-0.25, -0.2) is 0 Å². The van der Waals surface area contributed by atoms with Crippen molar-refractivity contribution in [1.29, 1.82) is 0 Å². The molecule has 0 aliphatic rings. The monoisotopic (exact) mass is 328 g/mol. The average Bonchev–Trinajstić information content (AvgIpc) is 2.88. The second-order valence-corrected chi connectivity index (χ2v) is 6.20. The second kappa shape index (κ2) is 8.29. The number of hydrogen-bond donors (Lipinski definition) is 1. The van der Waals surface area contributed by atoms with Crippen LogP contribution >= 0.6 is 0 Å². The third-order valence-electron chi connectivity index (χ3n) is 4.30. The molecule has 0 radical (unpaired) electrons. The minimum Gasteiger partial charge on any atom is -0.377 e. The minimum absolute atomic E-state index is 0.108. The Labute approximate surface area is 149 Å². The molecule has 2 nitrogen and oxygen atoms in total. The molecule has 1 N–H and O–H groups in total. The minimum atomic E-state index is 0.108. The van der Waals surface area contributed by atoms with Crippen molar-refractivity contribution in [2.24, 2.45) is 4.99 Å². The van der Waals surface area contributed by atoms with Gasteiger partial charge in [-0.2, -0.15) is 0 Å². The molecule has 3 aromatic rings. The molecule has 126 valence electrons. The van der Waals surface area contributed by atoms with Crippen molar-refractivity contribution in [3.05, 3.63) is 107 Å². The van der Waals surface area contributed by atoms with Gasteiger partial charge in [0.2, 0.25) is 0 Å². The smallest absolute Gasteiger partial charge is 0.0813 e. The van der Waals surface area contributed by atoms with E-state index in [2.05, 4.69) is 79.8 Å². The lowest BCUT2D eigenvalue weighted by Crippen LogP contribution is -2.14. The average molecular weight is 328 g/mol. The van der Waals surface area contributed by atoms with Crippen LogP contribution in [0.25, 0.3) is 0 Å². The highest BCUT2D eigenvalue weighted by molar-refractivity contribution is 5.44. The maximum absolute atomic E-state index is 4.95. The van der Waals surface area contributed by atoms with Gasteiger partial charge in [-0.1, -0.05) is 78.9 Å². The summed E-state index contributed by atoms with van der Waals surface area (Å²) in [6.45, 7) is 4.31. The van der Waals surface area contributed by atoms with Gasteiger partial charge in [0.25, 0.3) is 0 Å². The Kier molecular flexibility index (Phi) is 5.63. The zero-order chi connectivity index (χ0) is 17.5. The predicted octanol–water partition coefficient (Wildman–Crippen LogP) is 5.52. The quantitative estimate of drug-likeness (QED) is 0.655. The number of nitrogens with zero attached hydrogens (tertiary/aromatic N) is 1. The highest BCUT2D eigenvalue weighted by atomic mass is 14.9. The van der Waals surface area contributed by atoms with E-state index in [0.717, 1.165) is 11.0 Å².